The average Bonchev–Trinajstić information content (AvgIpc) is 3.48. The van der Waals surface area contributed by atoms with Crippen LogP contribution in [0.2, 0.25) is 0 Å². The number of benzene rings is 2. The molecule has 3 heterocycles. The van der Waals surface area contributed by atoms with E-state index in [1.807, 2.05) is 13.8 Å². The molecule has 12 heteroatoms. The first-order valence-corrected chi connectivity index (χ1v) is 14.6. The van der Waals surface area contributed by atoms with Gasteiger partial charge in [-0.3, -0.25) is 0 Å². The molecule has 3 aliphatic rings. The Labute approximate surface area is 211 Å². The highest BCUT2D eigenvalue weighted by Gasteiger charge is 2.53. The van der Waals surface area contributed by atoms with E-state index in [0.29, 0.717) is 0 Å². The van der Waals surface area contributed by atoms with Crippen molar-refractivity contribution < 1.29 is 35.8 Å². The molecule has 0 N–H and O–H groups in total. The van der Waals surface area contributed by atoms with Gasteiger partial charge < -0.3 is 18.9 Å². The molecule has 2 spiro atoms. The molecule has 3 saturated heterocycles. The SMILES string of the molecule is Cc1ccc(S(=O)(=O)N2CC3(CN(S(=O)(=O)c4ccc(C)cc4)CC4(C2)OCCO4)OCCO3)cc1. The molecule has 0 aromatic heterocycles. The van der Waals surface area contributed by atoms with Gasteiger partial charge in [0.05, 0.1) is 62.4 Å². The van der Waals surface area contributed by atoms with Gasteiger partial charge in [-0.15, -0.1) is 0 Å². The second-order valence-electron chi connectivity index (χ2n) is 9.39. The summed E-state index contributed by atoms with van der Waals surface area (Å²) in [6.07, 6.45) is 0. The van der Waals surface area contributed by atoms with Crippen molar-refractivity contribution in [1.82, 2.24) is 8.61 Å². The smallest absolute Gasteiger partial charge is 0.243 e. The Hall–Kier alpha value is -1.90. The van der Waals surface area contributed by atoms with Gasteiger partial charge in [0, 0.05) is 0 Å². The molecule has 0 bridgehead atoms. The molecular formula is C24H30N2O8S2. The Morgan fingerprint density at radius 2 is 0.833 bits per heavy atom. The lowest BCUT2D eigenvalue weighted by Crippen LogP contribution is -2.63. The predicted octanol–water partition coefficient (Wildman–Crippen LogP) is 1.48. The van der Waals surface area contributed by atoms with Crippen LogP contribution in [0.15, 0.2) is 58.3 Å². The fourth-order valence-electron chi connectivity index (χ4n) is 4.70. The Morgan fingerprint density at radius 1 is 0.556 bits per heavy atom. The van der Waals surface area contributed by atoms with E-state index >= 15 is 0 Å². The maximum atomic E-state index is 13.7. The summed E-state index contributed by atoms with van der Waals surface area (Å²) in [5.41, 5.74) is 1.85. The van der Waals surface area contributed by atoms with E-state index in [9.17, 15) is 16.8 Å². The molecule has 5 rings (SSSR count). The van der Waals surface area contributed by atoms with Crippen molar-refractivity contribution in [3.05, 3.63) is 59.7 Å². The van der Waals surface area contributed by atoms with Gasteiger partial charge >= 0.3 is 0 Å². The standard InChI is InChI=1S/C24H30N2O8S2/c1-19-3-7-21(8-4-19)35(27,28)25-15-23(31-11-12-32-23)17-26(18-24(16-25)33-13-14-34-24)36(29,30)22-9-5-20(2)6-10-22/h3-10H,11-18H2,1-2H3. The van der Waals surface area contributed by atoms with Crippen LogP contribution in [0, 0.1) is 13.8 Å². The Balaban J connectivity index is 1.56. The third-order valence-electron chi connectivity index (χ3n) is 6.61. The molecule has 10 nitrogen and oxygen atoms in total. The Morgan fingerprint density at radius 3 is 1.11 bits per heavy atom. The number of rotatable bonds is 4. The van der Waals surface area contributed by atoms with Crippen LogP contribution in [0.1, 0.15) is 11.1 Å². The Kier molecular flexibility index (Phi) is 6.75. The van der Waals surface area contributed by atoms with Crippen LogP contribution < -0.4 is 0 Å². The first-order valence-electron chi connectivity index (χ1n) is 11.7. The first-order chi connectivity index (χ1) is 17.0. The molecule has 36 heavy (non-hydrogen) atoms. The highest BCUT2D eigenvalue weighted by Crippen LogP contribution is 2.35. The highest BCUT2D eigenvalue weighted by atomic mass is 32.2. The summed E-state index contributed by atoms with van der Waals surface area (Å²) in [6.45, 7) is 3.72. The minimum Gasteiger partial charge on any atom is -0.345 e. The lowest BCUT2D eigenvalue weighted by atomic mass is 10.2. The van der Waals surface area contributed by atoms with E-state index in [4.69, 9.17) is 18.9 Å². The second-order valence-corrected chi connectivity index (χ2v) is 13.3. The number of hydrogen-bond donors (Lipinski definition) is 0. The van der Waals surface area contributed by atoms with Gasteiger partial charge in [0.25, 0.3) is 0 Å². The monoisotopic (exact) mass is 538 g/mol. The summed E-state index contributed by atoms with van der Waals surface area (Å²) in [6, 6.07) is 13.1. The minimum atomic E-state index is -4.01. The van der Waals surface area contributed by atoms with Crippen LogP contribution in [0.4, 0.5) is 0 Å². The topological polar surface area (TPSA) is 112 Å². The molecule has 0 aliphatic carbocycles. The second kappa shape index (κ2) is 9.44. The van der Waals surface area contributed by atoms with E-state index in [0.717, 1.165) is 11.1 Å². The van der Waals surface area contributed by atoms with Gasteiger partial charge in [0.15, 0.2) is 11.6 Å². The lowest BCUT2D eigenvalue weighted by molar-refractivity contribution is -0.216. The Bertz CT molecular complexity index is 1180. The van der Waals surface area contributed by atoms with Crippen molar-refractivity contribution in [1.29, 1.82) is 0 Å². The first kappa shape index (κ1) is 25.7. The van der Waals surface area contributed by atoms with E-state index < -0.39 is 31.6 Å². The molecule has 0 radical (unpaired) electrons. The van der Waals surface area contributed by atoms with E-state index in [1.165, 1.54) is 8.61 Å². The van der Waals surface area contributed by atoms with Crippen molar-refractivity contribution in [2.45, 2.75) is 35.2 Å². The third kappa shape index (κ3) is 4.84. The van der Waals surface area contributed by atoms with Crippen LogP contribution in [-0.4, -0.2) is 89.6 Å². The van der Waals surface area contributed by atoms with Crippen molar-refractivity contribution in [2.24, 2.45) is 0 Å². The number of nitrogens with zero attached hydrogens (tertiary/aromatic N) is 2. The van der Waals surface area contributed by atoms with E-state index in [-0.39, 0.29) is 62.4 Å². The minimum absolute atomic E-state index is 0.110. The zero-order valence-electron chi connectivity index (χ0n) is 20.3. The summed E-state index contributed by atoms with van der Waals surface area (Å²) in [5.74, 6) is -2.95. The average molecular weight is 539 g/mol. The van der Waals surface area contributed by atoms with Gasteiger partial charge in [0.1, 0.15) is 0 Å². The molecule has 2 aromatic rings. The summed E-state index contributed by atoms with van der Waals surface area (Å²) >= 11 is 0. The van der Waals surface area contributed by atoms with E-state index in [2.05, 4.69) is 0 Å². The summed E-state index contributed by atoms with van der Waals surface area (Å²) in [5, 5.41) is 0. The predicted molar refractivity (Wildman–Crippen MR) is 129 cm³/mol. The zero-order chi connectivity index (χ0) is 25.6. The molecule has 0 saturated carbocycles. The fraction of sp³-hybridized carbons (Fsp3) is 0.500. The molecule has 0 amide bonds. The summed E-state index contributed by atoms with van der Waals surface area (Å²) in [4.78, 5) is 0.221. The molecule has 3 aliphatic heterocycles. The van der Waals surface area contributed by atoms with Crippen LogP contribution in [0.3, 0.4) is 0 Å². The van der Waals surface area contributed by atoms with Gasteiger partial charge in [-0.25, -0.2) is 16.8 Å². The highest BCUT2D eigenvalue weighted by molar-refractivity contribution is 7.89. The van der Waals surface area contributed by atoms with Crippen LogP contribution in [0.25, 0.3) is 0 Å². The van der Waals surface area contributed by atoms with Gasteiger partial charge in [-0.2, -0.15) is 8.61 Å². The quantitative estimate of drug-likeness (QED) is 0.576. The van der Waals surface area contributed by atoms with Crippen LogP contribution in [-0.2, 0) is 39.0 Å². The maximum Gasteiger partial charge on any atom is 0.243 e. The van der Waals surface area contributed by atoms with Gasteiger partial charge in [-0.1, -0.05) is 35.4 Å². The largest absolute Gasteiger partial charge is 0.345 e. The maximum absolute atomic E-state index is 13.7. The molecular weight excluding hydrogens is 508 g/mol. The van der Waals surface area contributed by atoms with Gasteiger partial charge in [0.2, 0.25) is 20.0 Å². The third-order valence-corrected chi connectivity index (χ3v) is 10.2. The molecule has 2 aromatic carbocycles. The fourth-order valence-corrected chi connectivity index (χ4v) is 7.73. The summed E-state index contributed by atoms with van der Waals surface area (Å²) < 4.78 is 81.1. The number of aryl methyl sites for hydroxylation is 2. The van der Waals surface area contributed by atoms with Crippen molar-refractivity contribution in [2.75, 3.05) is 52.6 Å². The van der Waals surface area contributed by atoms with Gasteiger partial charge in [-0.05, 0) is 38.1 Å². The molecule has 3 fully saturated rings. The lowest BCUT2D eigenvalue weighted by Gasteiger charge is -2.44. The number of sulfonamides is 2. The normalized spacial score (nSPS) is 23.2. The van der Waals surface area contributed by atoms with Crippen molar-refractivity contribution >= 4 is 20.0 Å². The summed E-state index contributed by atoms with van der Waals surface area (Å²) in [7, 11) is -8.02. The number of hydrogen-bond acceptors (Lipinski definition) is 8. The van der Waals surface area contributed by atoms with Crippen LogP contribution in [0.5, 0.6) is 0 Å². The zero-order valence-corrected chi connectivity index (χ0v) is 21.9. The van der Waals surface area contributed by atoms with Crippen LogP contribution >= 0.6 is 0 Å². The number of ether oxygens (including phenoxy) is 4. The molecule has 196 valence electrons. The molecule has 0 unspecified atom stereocenters. The van der Waals surface area contributed by atoms with Crippen molar-refractivity contribution in [3.8, 4) is 0 Å². The molecule has 0 atom stereocenters. The van der Waals surface area contributed by atoms with Crippen molar-refractivity contribution in [3.63, 3.8) is 0 Å². The van der Waals surface area contributed by atoms with E-state index in [1.54, 1.807) is 48.5 Å².